The number of amides is 1. The second kappa shape index (κ2) is 8.32. The Morgan fingerprint density at radius 2 is 1.82 bits per heavy atom. The maximum atomic E-state index is 12.1. The van der Waals surface area contributed by atoms with E-state index < -0.39 is 11.7 Å². The molecular weight excluding hydrogens is 346 g/mol. The van der Waals surface area contributed by atoms with Crippen LogP contribution in [0, 0.1) is 5.92 Å². The lowest BCUT2D eigenvalue weighted by atomic mass is 9.99. The summed E-state index contributed by atoms with van der Waals surface area (Å²) in [5, 5.41) is 2.64. The number of alkyl carbamates (subject to hydrolysis) is 1. The Hall–Kier alpha value is -1.36. The molecule has 0 fully saturated rings. The van der Waals surface area contributed by atoms with Gasteiger partial charge in [0, 0.05) is 23.4 Å². The number of halogens is 1. The Balaban J connectivity index is 2.33. The molecule has 0 saturated heterocycles. The van der Waals surface area contributed by atoms with Crippen LogP contribution in [-0.4, -0.2) is 24.0 Å². The zero-order valence-electron chi connectivity index (χ0n) is 13.6. The minimum Gasteiger partial charge on any atom is -0.444 e. The van der Waals surface area contributed by atoms with Crippen molar-refractivity contribution in [2.24, 2.45) is 5.92 Å². The molecule has 0 radical (unpaired) electrons. The zero-order valence-corrected chi connectivity index (χ0v) is 15.2. The van der Waals surface area contributed by atoms with Gasteiger partial charge in [0.25, 0.3) is 0 Å². The van der Waals surface area contributed by atoms with Crippen molar-refractivity contribution in [1.29, 1.82) is 0 Å². The molecule has 1 aromatic rings. The van der Waals surface area contributed by atoms with Crippen LogP contribution in [0.1, 0.15) is 39.7 Å². The quantitative estimate of drug-likeness (QED) is 0.820. The highest BCUT2D eigenvalue weighted by atomic mass is 79.9. The molecule has 122 valence electrons. The van der Waals surface area contributed by atoms with Crippen LogP contribution in [-0.2, 0) is 16.0 Å². The molecule has 22 heavy (non-hydrogen) atoms. The van der Waals surface area contributed by atoms with Gasteiger partial charge in [-0.15, -0.1) is 0 Å². The molecule has 0 unspecified atom stereocenters. The molecule has 5 heteroatoms. The van der Waals surface area contributed by atoms with Gasteiger partial charge in [0.05, 0.1) is 0 Å². The number of ketones is 1. The summed E-state index contributed by atoms with van der Waals surface area (Å²) in [4.78, 5) is 23.6. The van der Waals surface area contributed by atoms with E-state index in [0.29, 0.717) is 19.4 Å². The van der Waals surface area contributed by atoms with Crippen LogP contribution in [0.15, 0.2) is 28.7 Å². The average Bonchev–Trinajstić information content (AvgIpc) is 2.42. The molecular formula is C17H24BrNO3. The fourth-order valence-electron chi connectivity index (χ4n) is 1.83. The molecule has 4 nitrogen and oxygen atoms in total. The fraction of sp³-hybridized carbons (Fsp3) is 0.529. The Morgan fingerprint density at radius 1 is 1.23 bits per heavy atom. The van der Waals surface area contributed by atoms with E-state index in [1.54, 1.807) is 20.8 Å². The minimum absolute atomic E-state index is 0.138. The summed E-state index contributed by atoms with van der Waals surface area (Å²) in [7, 11) is 0. The Bertz CT molecular complexity index is 506. The molecule has 0 aromatic heterocycles. The summed E-state index contributed by atoms with van der Waals surface area (Å²) in [6, 6.07) is 7.93. The molecule has 0 bridgehead atoms. The van der Waals surface area contributed by atoms with E-state index in [4.69, 9.17) is 4.74 Å². The second-order valence-corrected chi connectivity index (χ2v) is 7.29. The van der Waals surface area contributed by atoms with Gasteiger partial charge in [0.15, 0.2) is 0 Å². The smallest absolute Gasteiger partial charge is 0.407 e. The van der Waals surface area contributed by atoms with E-state index in [-0.39, 0.29) is 11.7 Å². The fourth-order valence-corrected chi connectivity index (χ4v) is 2.09. The van der Waals surface area contributed by atoms with Crippen molar-refractivity contribution >= 4 is 27.8 Å². The highest BCUT2D eigenvalue weighted by Gasteiger charge is 2.18. The average molecular weight is 370 g/mol. The van der Waals surface area contributed by atoms with Crippen LogP contribution in [0.3, 0.4) is 0 Å². The first-order valence-corrected chi connectivity index (χ1v) is 8.20. The van der Waals surface area contributed by atoms with Crippen molar-refractivity contribution in [3.05, 3.63) is 34.3 Å². The van der Waals surface area contributed by atoms with Crippen LogP contribution in [0.2, 0.25) is 0 Å². The molecule has 1 rings (SSSR count). The van der Waals surface area contributed by atoms with Crippen LogP contribution in [0.4, 0.5) is 4.79 Å². The van der Waals surface area contributed by atoms with E-state index in [2.05, 4.69) is 21.2 Å². The van der Waals surface area contributed by atoms with E-state index in [1.807, 2.05) is 31.2 Å². The van der Waals surface area contributed by atoms with Crippen LogP contribution >= 0.6 is 15.9 Å². The lowest BCUT2D eigenvalue weighted by Crippen LogP contribution is -2.36. The third-order valence-electron chi connectivity index (χ3n) is 3.07. The van der Waals surface area contributed by atoms with E-state index >= 15 is 0 Å². The minimum atomic E-state index is -0.529. The number of Topliss-reactive ketones (excluding diaryl/α,β-unsaturated/α-hetero) is 1. The molecule has 1 aromatic carbocycles. The van der Waals surface area contributed by atoms with Gasteiger partial charge in [-0.25, -0.2) is 4.79 Å². The SMILES string of the molecule is C[C@H](CNC(=O)OC(C)(C)C)C(=O)CCc1ccc(Br)cc1. The molecule has 1 N–H and O–H groups in total. The van der Waals surface area contributed by atoms with Crippen LogP contribution in [0.5, 0.6) is 0 Å². The third kappa shape index (κ3) is 7.59. The number of carbonyl (C=O) groups excluding carboxylic acids is 2. The van der Waals surface area contributed by atoms with Crippen molar-refractivity contribution < 1.29 is 14.3 Å². The number of benzene rings is 1. The summed E-state index contributed by atoms with van der Waals surface area (Å²) >= 11 is 3.38. The molecule has 0 aliphatic carbocycles. The lowest BCUT2D eigenvalue weighted by molar-refractivity contribution is -0.122. The first-order valence-electron chi connectivity index (χ1n) is 7.41. The number of ether oxygens (including phenoxy) is 1. The Labute approximate surface area is 140 Å². The van der Waals surface area contributed by atoms with Gasteiger partial charge in [-0.2, -0.15) is 0 Å². The van der Waals surface area contributed by atoms with Crippen LogP contribution in [0.25, 0.3) is 0 Å². The summed E-state index contributed by atoms with van der Waals surface area (Å²) in [5.74, 6) is -0.0815. The van der Waals surface area contributed by atoms with Gasteiger partial charge in [0.2, 0.25) is 0 Å². The van der Waals surface area contributed by atoms with Crippen molar-refractivity contribution in [3.63, 3.8) is 0 Å². The van der Waals surface area contributed by atoms with Gasteiger partial charge < -0.3 is 10.1 Å². The summed E-state index contributed by atoms with van der Waals surface area (Å²) in [5.41, 5.74) is 0.600. The van der Waals surface area contributed by atoms with Crippen molar-refractivity contribution in [2.75, 3.05) is 6.54 Å². The topological polar surface area (TPSA) is 55.4 Å². The lowest BCUT2D eigenvalue weighted by Gasteiger charge is -2.20. The maximum Gasteiger partial charge on any atom is 0.407 e. The number of rotatable bonds is 6. The summed E-state index contributed by atoms with van der Waals surface area (Å²) in [6.07, 6.45) is 0.696. The van der Waals surface area contributed by atoms with Gasteiger partial charge in [-0.1, -0.05) is 35.0 Å². The van der Waals surface area contributed by atoms with E-state index in [0.717, 1.165) is 10.0 Å². The number of nitrogens with one attached hydrogen (secondary N) is 1. The van der Waals surface area contributed by atoms with E-state index in [9.17, 15) is 9.59 Å². The number of carbonyl (C=O) groups is 2. The first-order chi connectivity index (χ1) is 10.2. The monoisotopic (exact) mass is 369 g/mol. The molecule has 0 spiro atoms. The second-order valence-electron chi connectivity index (χ2n) is 6.38. The molecule has 1 atom stereocenters. The largest absolute Gasteiger partial charge is 0.444 e. The van der Waals surface area contributed by atoms with E-state index in [1.165, 1.54) is 0 Å². The van der Waals surface area contributed by atoms with Gasteiger partial charge >= 0.3 is 6.09 Å². The van der Waals surface area contributed by atoms with Gasteiger partial charge in [-0.3, -0.25) is 4.79 Å². The number of aryl methyl sites for hydroxylation is 1. The highest BCUT2D eigenvalue weighted by molar-refractivity contribution is 9.10. The molecule has 0 saturated carbocycles. The Morgan fingerprint density at radius 3 is 2.36 bits per heavy atom. The predicted octanol–water partition coefficient (Wildman–Crippen LogP) is 4.11. The van der Waals surface area contributed by atoms with Crippen molar-refractivity contribution in [2.45, 2.75) is 46.1 Å². The third-order valence-corrected chi connectivity index (χ3v) is 3.60. The van der Waals surface area contributed by atoms with Gasteiger partial charge in [-0.05, 0) is 44.9 Å². The maximum absolute atomic E-state index is 12.1. The molecule has 0 aliphatic rings. The molecule has 0 aliphatic heterocycles. The number of hydrogen-bond acceptors (Lipinski definition) is 3. The van der Waals surface area contributed by atoms with Gasteiger partial charge in [0.1, 0.15) is 11.4 Å². The van der Waals surface area contributed by atoms with Crippen LogP contribution < -0.4 is 5.32 Å². The van der Waals surface area contributed by atoms with Crippen molar-refractivity contribution in [1.82, 2.24) is 5.32 Å². The molecule has 1 amide bonds. The first kappa shape index (κ1) is 18.7. The standard InChI is InChI=1S/C17H24BrNO3/c1-12(11-19-16(21)22-17(2,3)4)15(20)10-7-13-5-8-14(18)9-6-13/h5-6,8-9,12H,7,10-11H2,1-4H3,(H,19,21)/t12-/m1/s1. The predicted molar refractivity (Wildman–Crippen MR) is 90.9 cm³/mol. The normalized spacial score (nSPS) is 12.6. The molecule has 0 heterocycles. The summed E-state index contributed by atoms with van der Waals surface area (Å²) in [6.45, 7) is 7.54. The number of hydrogen-bond donors (Lipinski definition) is 1. The zero-order chi connectivity index (χ0) is 16.8. The highest BCUT2D eigenvalue weighted by Crippen LogP contribution is 2.13. The van der Waals surface area contributed by atoms with Crippen molar-refractivity contribution in [3.8, 4) is 0 Å². The Kier molecular flexibility index (Phi) is 7.07. The summed E-state index contributed by atoms with van der Waals surface area (Å²) < 4.78 is 6.17.